The highest BCUT2D eigenvalue weighted by atomic mass is 35.5. The molecule has 0 aliphatic heterocycles. The van der Waals surface area contributed by atoms with Crippen molar-refractivity contribution in [3.05, 3.63) is 101 Å². The van der Waals surface area contributed by atoms with Gasteiger partial charge >= 0.3 is 11.9 Å². The number of esters is 1. The number of nitrogens with two attached hydrogens (primary N) is 2. The Labute approximate surface area is 211 Å². The number of carbonyl (C=O) groups excluding carboxylic acids is 2. The van der Waals surface area contributed by atoms with Crippen LogP contribution in [0.2, 0.25) is 0 Å². The van der Waals surface area contributed by atoms with Gasteiger partial charge in [-0.3, -0.25) is 10.2 Å². The minimum Gasteiger partial charge on any atom is -0.478 e. The maximum absolute atomic E-state index is 12.6. The summed E-state index contributed by atoms with van der Waals surface area (Å²) in [7, 11) is 0. The Morgan fingerprint density at radius 1 is 0.917 bits per heavy atom. The van der Waals surface area contributed by atoms with Crippen molar-refractivity contribution in [1.29, 1.82) is 5.41 Å². The average molecular weight is 508 g/mol. The number of nitrogens with one attached hydrogen (secondary N) is 1. The Balaban J connectivity index is 0.00000361. The van der Waals surface area contributed by atoms with Gasteiger partial charge in [0.05, 0.1) is 5.56 Å². The molecule has 4 aromatic rings. The van der Waals surface area contributed by atoms with E-state index in [9.17, 15) is 14.4 Å². The van der Waals surface area contributed by atoms with Crippen LogP contribution in [0.3, 0.4) is 0 Å². The smallest absolute Gasteiger partial charge is 0.379 e. The molecule has 3 aromatic carbocycles. The Hall–Kier alpha value is -4.47. The molecular formula is C26H22ClN3O6. The first-order valence-electron chi connectivity index (χ1n) is 10.5. The first-order valence-corrected chi connectivity index (χ1v) is 10.5. The van der Waals surface area contributed by atoms with E-state index in [1.54, 1.807) is 48.5 Å². The second kappa shape index (κ2) is 10.9. The molecule has 9 nitrogen and oxygen atoms in total. The van der Waals surface area contributed by atoms with Gasteiger partial charge in [-0.15, -0.1) is 12.4 Å². The number of aromatic carboxylic acids is 1. The van der Waals surface area contributed by atoms with Gasteiger partial charge < -0.3 is 25.7 Å². The number of benzene rings is 3. The van der Waals surface area contributed by atoms with Crippen LogP contribution < -0.4 is 16.2 Å². The highest BCUT2D eigenvalue weighted by Gasteiger charge is 2.22. The number of amidine groups is 1. The van der Waals surface area contributed by atoms with Crippen LogP contribution in [0.1, 0.15) is 43.8 Å². The summed E-state index contributed by atoms with van der Waals surface area (Å²) in [5, 5.41) is 18.1. The second-order valence-electron chi connectivity index (χ2n) is 7.85. The molecule has 0 radical (unpaired) electrons. The van der Waals surface area contributed by atoms with Crippen LogP contribution in [0.25, 0.3) is 10.8 Å². The van der Waals surface area contributed by atoms with Gasteiger partial charge in [-0.25, -0.2) is 9.59 Å². The quantitative estimate of drug-likeness (QED) is 0.120. The van der Waals surface area contributed by atoms with Gasteiger partial charge in [0.1, 0.15) is 23.4 Å². The fraction of sp³-hybridized carbons (Fsp3) is 0.0769. The van der Waals surface area contributed by atoms with E-state index in [0.29, 0.717) is 16.9 Å². The number of carbonyl (C=O) groups is 3. The predicted molar refractivity (Wildman–Crippen MR) is 135 cm³/mol. The third kappa shape index (κ3) is 5.77. The molecule has 10 heteroatoms. The summed E-state index contributed by atoms with van der Waals surface area (Å²) in [5.41, 5.74) is 12.8. The Kier molecular flexibility index (Phi) is 7.88. The summed E-state index contributed by atoms with van der Waals surface area (Å²) in [6.07, 6.45) is -0.0238. The number of nitrogen functional groups attached to an aromatic ring is 1. The van der Waals surface area contributed by atoms with Crippen molar-refractivity contribution in [2.45, 2.75) is 12.5 Å². The molecule has 0 aliphatic carbocycles. The SMILES string of the molecule is Cl.N=C(N)c1ccc2cc(OC(=O)c3ccc(C(N)C(=O)Cc4ccc(C(=O)O)cc4)o3)ccc2c1. The molecule has 0 saturated heterocycles. The monoisotopic (exact) mass is 507 g/mol. The summed E-state index contributed by atoms with van der Waals surface area (Å²) in [6.45, 7) is 0. The lowest BCUT2D eigenvalue weighted by atomic mass is 10.0. The third-order valence-electron chi connectivity index (χ3n) is 5.39. The molecule has 6 N–H and O–H groups in total. The van der Waals surface area contributed by atoms with E-state index >= 15 is 0 Å². The van der Waals surface area contributed by atoms with Crippen molar-refractivity contribution in [3.8, 4) is 5.75 Å². The van der Waals surface area contributed by atoms with Crippen molar-refractivity contribution in [3.63, 3.8) is 0 Å². The second-order valence-corrected chi connectivity index (χ2v) is 7.85. The van der Waals surface area contributed by atoms with E-state index in [1.807, 2.05) is 0 Å². The molecule has 36 heavy (non-hydrogen) atoms. The highest BCUT2D eigenvalue weighted by Crippen LogP contribution is 2.24. The third-order valence-corrected chi connectivity index (χ3v) is 5.39. The Bertz CT molecular complexity index is 1460. The molecule has 1 unspecified atom stereocenters. The first-order chi connectivity index (χ1) is 16.7. The van der Waals surface area contributed by atoms with E-state index in [4.69, 9.17) is 31.1 Å². The number of ketones is 1. The van der Waals surface area contributed by atoms with Crippen molar-refractivity contribution in [2.24, 2.45) is 11.5 Å². The lowest BCUT2D eigenvalue weighted by molar-refractivity contribution is -0.120. The van der Waals surface area contributed by atoms with Crippen molar-refractivity contribution < 1.29 is 28.6 Å². The van der Waals surface area contributed by atoms with Crippen LogP contribution in [0.15, 0.2) is 77.2 Å². The highest BCUT2D eigenvalue weighted by molar-refractivity contribution is 5.99. The molecule has 0 fully saturated rings. The number of Topliss-reactive ketones (excluding diaryl/α,β-unsaturated/α-hetero) is 1. The number of furan rings is 1. The zero-order valence-corrected chi connectivity index (χ0v) is 19.6. The zero-order valence-electron chi connectivity index (χ0n) is 18.8. The standard InChI is InChI=1S/C26H21N3O6.ClH/c27-23(20(30)11-14-1-3-15(4-2-14)25(31)32)21-9-10-22(35-21)26(33)34-19-8-7-16-12-18(24(28)29)6-5-17(16)13-19;/h1-10,12-13,23H,11,27H2,(H3,28,29)(H,31,32);1H. The van der Waals surface area contributed by atoms with Gasteiger partial charge in [0, 0.05) is 12.0 Å². The summed E-state index contributed by atoms with van der Waals surface area (Å²) in [4.78, 5) is 36.0. The van der Waals surface area contributed by atoms with Crippen LogP contribution in [-0.2, 0) is 11.2 Å². The number of ether oxygens (including phenoxy) is 1. The minimum absolute atomic E-state index is 0. The van der Waals surface area contributed by atoms with E-state index in [-0.39, 0.29) is 47.5 Å². The van der Waals surface area contributed by atoms with Crippen LogP contribution >= 0.6 is 12.4 Å². The lowest BCUT2D eigenvalue weighted by Gasteiger charge is -2.08. The number of fused-ring (bicyclic) bond motifs is 1. The van der Waals surface area contributed by atoms with E-state index in [2.05, 4.69) is 0 Å². The van der Waals surface area contributed by atoms with Crippen molar-refractivity contribution >= 4 is 46.7 Å². The first kappa shape index (κ1) is 26.1. The Morgan fingerprint density at radius 3 is 2.22 bits per heavy atom. The topological polar surface area (TPSA) is 170 Å². The predicted octanol–water partition coefficient (Wildman–Crippen LogP) is 3.87. The number of carboxylic acids is 1. The number of hydrogen-bond acceptors (Lipinski definition) is 7. The maximum atomic E-state index is 12.6. The average Bonchev–Trinajstić information content (AvgIpc) is 3.34. The zero-order chi connectivity index (χ0) is 25.1. The van der Waals surface area contributed by atoms with Gasteiger partial charge in [-0.05, 0) is 58.8 Å². The maximum Gasteiger partial charge on any atom is 0.379 e. The van der Waals surface area contributed by atoms with Crippen molar-refractivity contribution in [1.82, 2.24) is 0 Å². The summed E-state index contributed by atoms with van der Waals surface area (Å²) < 4.78 is 10.9. The fourth-order valence-electron chi connectivity index (χ4n) is 3.48. The normalized spacial score (nSPS) is 11.4. The number of carboxylic acid groups (broad SMARTS) is 1. The molecule has 0 saturated carbocycles. The molecule has 1 heterocycles. The summed E-state index contributed by atoms with van der Waals surface area (Å²) >= 11 is 0. The number of halogens is 1. The molecule has 1 atom stereocenters. The number of hydrogen-bond donors (Lipinski definition) is 4. The van der Waals surface area contributed by atoms with Gasteiger partial charge in [-0.1, -0.05) is 30.3 Å². The molecule has 0 aliphatic rings. The minimum atomic E-state index is -1.10. The Morgan fingerprint density at radius 2 is 1.56 bits per heavy atom. The molecule has 0 spiro atoms. The summed E-state index contributed by atoms with van der Waals surface area (Å²) in [5.74, 6) is -1.91. The molecule has 1 aromatic heterocycles. The van der Waals surface area contributed by atoms with Crippen LogP contribution in [-0.4, -0.2) is 28.7 Å². The van der Waals surface area contributed by atoms with Crippen LogP contribution in [0.4, 0.5) is 0 Å². The van der Waals surface area contributed by atoms with Gasteiger partial charge in [0.25, 0.3) is 0 Å². The van der Waals surface area contributed by atoms with Crippen molar-refractivity contribution in [2.75, 3.05) is 0 Å². The van der Waals surface area contributed by atoms with Gasteiger partial charge in [0.2, 0.25) is 5.76 Å². The van der Waals surface area contributed by atoms with Crippen LogP contribution in [0, 0.1) is 5.41 Å². The fourth-order valence-corrected chi connectivity index (χ4v) is 3.48. The molecule has 0 bridgehead atoms. The summed E-state index contributed by atoms with van der Waals surface area (Å²) in [6, 6.07) is 17.9. The molecule has 0 amide bonds. The molecular weight excluding hydrogens is 486 g/mol. The number of rotatable bonds is 8. The van der Waals surface area contributed by atoms with E-state index in [0.717, 1.165) is 10.8 Å². The molecule has 4 rings (SSSR count). The largest absolute Gasteiger partial charge is 0.478 e. The van der Waals surface area contributed by atoms with E-state index in [1.165, 1.54) is 24.3 Å². The molecule has 184 valence electrons. The van der Waals surface area contributed by atoms with Crippen LogP contribution in [0.5, 0.6) is 5.75 Å². The van der Waals surface area contributed by atoms with Gasteiger partial charge in [-0.2, -0.15) is 0 Å². The lowest BCUT2D eigenvalue weighted by Crippen LogP contribution is -2.22. The van der Waals surface area contributed by atoms with E-state index < -0.39 is 18.0 Å². The van der Waals surface area contributed by atoms with Gasteiger partial charge in [0.15, 0.2) is 5.78 Å².